The SMILES string of the molecule is CCn1cnnc1CNCC(O)c1cccc(OC)c1. The molecule has 1 aromatic heterocycles. The fourth-order valence-corrected chi connectivity index (χ4v) is 1.97. The molecule has 0 saturated carbocycles. The minimum Gasteiger partial charge on any atom is -0.497 e. The van der Waals surface area contributed by atoms with Gasteiger partial charge in [0.1, 0.15) is 17.9 Å². The number of rotatable bonds is 7. The number of hydrogen-bond acceptors (Lipinski definition) is 5. The van der Waals surface area contributed by atoms with Gasteiger partial charge in [-0.15, -0.1) is 10.2 Å². The molecule has 0 spiro atoms. The van der Waals surface area contributed by atoms with E-state index < -0.39 is 6.10 Å². The number of aliphatic hydroxyl groups is 1. The second-order valence-corrected chi connectivity index (χ2v) is 4.46. The minimum atomic E-state index is -0.580. The van der Waals surface area contributed by atoms with Crippen LogP contribution in [0.2, 0.25) is 0 Å². The molecule has 0 radical (unpaired) electrons. The third-order valence-electron chi connectivity index (χ3n) is 3.14. The van der Waals surface area contributed by atoms with E-state index in [0.717, 1.165) is 23.7 Å². The number of benzene rings is 1. The van der Waals surface area contributed by atoms with Crippen LogP contribution in [-0.2, 0) is 13.1 Å². The summed E-state index contributed by atoms with van der Waals surface area (Å²) < 4.78 is 7.11. The molecule has 1 aromatic carbocycles. The standard InChI is InChI=1S/C14H20N4O2/c1-3-18-10-16-17-14(18)9-15-8-13(19)11-5-4-6-12(7-11)20-2/h4-7,10,13,15,19H,3,8-9H2,1-2H3. The molecule has 20 heavy (non-hydrogen) atoms. The van der Waals surface area contributed by atoms with E-state index in [9.17, 15) is 5.11 Å². The molecule has 0 aliphatic rings. The zero-order valence-electron chi connectivity index (χ0n) is 11.8. The predicted molar refractivity (Wildman–Crippen MR) is 75.4 cm³/mol. The summed E-state index contributed by atoms with van der Waals surface area (Å²) in [7, 11) is 1.61. The molecule has 2 N–H and O–H groups in total. The summed E-state index contributed by atoms with van der Waals surface area (Å²) in [5, 5.41) is 21.2. The van der Waals surface area contributed by atoms with Crippen molar-refractivity contribution in [2.45, 2.75) is 26.1 Å². The quantitative estimate of drug-likeness (QED) is 0.793. The molecular weight excluding hydrogens is 256 g/mol. The van der Waals surface area contributed by atoms with Gasteiger partial charge in [0.05, 0.1) is 19.8 Å². The van der Waals surface area contributed by atoms with Gasteiger partial charge in [-0.3, -0.25) is 0 Å². The van der Waals surface area contributed by atoms with Crippen molar-refractivity contribution < 1.29 is 9.84 Å². The van der Waals surface area contributed by atoms with Gasteiger partial charge in [-0.05, 0) is 24.6 Å². The lowest BCUT2D eigenvalue weighted by molar-refractivity contribution is 0.173. The first-order valence-electron chi connectivity index (χ1n) is 6.64. The number of nitrogens with zero attached hydrogens (tertiary/aromatic N) is 3. The average Bonchev–Trinajstić information content (AvgIpc) is 2.94. The Morgan fingerprint density at radius 1 is 1.45 bits per heavy atom. The molecular formula is C14H20N4O2. The van der Waals surface area contributed by atoms with Crippen molar-refractivity contribution in [2.24, 2.45) is 0 Å². The Hall–Kier alpha value is -1.92. The molecule has 1 atom stereocenters. The first-order chi connectivity index (χ1) is 9.74. The highest BCUT2D eigenvalue weighted by Gasteiger charge is 2.09. The van der Waals surface area contributed by atoms with Gasteiger partial charge < -0.3 is 19.7 Å². The molecule has 0 fully saturated rings. The molecule has 2 rings (SSSR count). The van der Waals surface area contributed by atoms with Crippen LogP contribution in [0.3, 0.4) is 0 Å². The average molecular weight is 276 g/mol. The highest BCUT2D eigenvalue weighted by atomic mass is 16.5. The topological polar surface area (TPSA) is 72.2 Å². The Kier molecular flexibility index (Phi) is 5.09. The number of methoxy groups -OCH3 is 1. The number of aromatic nitrogens is 3. The van der Waals surface area contributed by atoms with Gasteiger partial charge in [0.2, 0.25) is 0 Å². The van der Waals surface area contributed by atoms with Crippen molar-refractivity contribution in [1.82, 2.24) is 20.1 Å². The van der Waals surface area contributed by atoms with E-state index in [-0.39, 0.29) is 0 Å². The van der Waals surface area contributed by atoms with Crippen LogP contribution in [0.5, 0.6) is 5.75 Å². The molecule has 108 valence electrons. The van der Waals surface area contributed by atoms with E-state index in [0.29, 0.717) is 13.1 Å². The lowest BCUT2D eigenvalue weighted by Crippen LogP contribution is -2.23. The monoisotopic (exact) mass is 276 g/mol. The van der Waals surface area contributed by atoms with Crippen LogP contribution in [0.4, 0.5) is 0 Å². The molecule has 0 aliphatic carbocycles. The maximum atomic E-state index is 10.1. The van der Waals surface area contributed by atoms with E-state index in [1.165, 1.54) is 0 Å². The Morgan fingerprint density at radius 3 is 3.05 bits per heavy atom. The highest BCUT2D eigenvalue weighted by Crippen LogP contribution is 2.18. The molecule has 6 heteroatoms. The molecule has 0 saturated heterocycles. The van der Waals surface area contributed by atoms with Crippen molar-refractivity contribution in [1.29, 1.82) is 0 Å². The molecule has 0 bridgehead atoms. The Morgan fingerprint density at radius 2 is 2.30 bits per heavy atom. The van der Waals surface area contributed by atoms with Crippen molar-refractivity contribution in [3.05, 3.63) is 42.0 Å². The van der Waals surface area contributed by atoms with Crippen molar-refractivity contribution in [3.8, 4) is 5.75 Å². The molecule has 0 aliphatic heterocycles. The summed E-state index contributed by atoms with van der Waals surface area (Å²) in [6.45, 7) is 3.90. The smallest absolute Gasteiger partial charge is 0.146 e. The van der Waals surface area contributed by atoms with Crippen LogP contribution in [0.15, 0.2) is 30.6 Å². The lowest BCUT2D eigenvalue weighted by Gasteiger charge is -2.13. The molecule has 1 unspecified atom stereocenters. The van der Waals surface area contributed by atoms with Gasteiger partial charge in [0.15, 0.2) is 0 Å². The summed E-state index contributed by atoms with van der Waals surface area (Å²) in [5.41, 5.74) is 0.828. The second-order valence-electron chi connectivity index (χ2n) is 4.46. The summed E-state index contributed by atoms with van der Waals surface area (Å²) in [6, 6.07) is 7.43. The second kappa shape index (κ2) is 7.02. The maximum Gasteiger partial charge on any atom is 0.146 e. The lowest BCUT2D eigenvalue weighted by atomic mass is 10.1. The summed E-state index contributed by atoms with van der Waals surface area (Å²) >= 11 is 0. The largest absolute Gasteiger partial charge is 0.497 e. The number of hydrogen-bond donors (Lipinski definition) is 2. The summed E-state index contributed by atoms with van der Waals surface area (Å²) in [4.78, 5) is 0. The van der Waals surface area contributed by atoms with Gasteiger partial charge >= 0.3 is 0 Å². The van der Waals surface area contributed by atoms with E-state index in [4.69, 9.17) is 4.74 Å². The molecule has 2 aromatic rings. The molecule has 0 amide bonds. The zero-order valence-corrected chi connectivity index (χ0v) is 11.8. The Bertz CT molecular complexity index is 541. The fourth-order valence-electron chi connectivity index (χ4n) is 1.97. The Labute approximate surface area is 118 Å². The van der Waals surface area contributed by atoms with Crippen molar-refractivity contribution >= 4 is 0 Å². The number of aliphatic hydroxyl groups excluding tert-OH is 1. The molecule has 6 nitrogen and oxygen atoms in total. The van der Waals surface area contributed by atoms with Crippen LogP contribution in [0.25, 0.3) is 0 Å². The van der Waals surface area contributed by atoms with Gasteiger partial charge in [0.25, 0.3) is 0 Å². The third-order valence-corrected chi connectivity index (χ3v) is 3.14. The number of nitrogens with one attached hydrogen (secondary N) is 1. The Balaban J connectivity index is 1.87. The normalized spacial score (nSPS) is 12.3. The van der Waals surface area contributed by atoms with E-state index in [2.05, 4.69) is 15.5 Å². The van der Waals surface area contributed by atoms with Crippen LogP contribution in [-0.4, -0.2) is 33.5 Å². The predicted octanol–water partition coefficient (Wildman–Crippen LogP) is 1.13. The summed E-state index contributed by atoms with van der Waals surface area (Å²) in [5.74, 6) is 1.61. The zero-order chi connectivity index (χ0) is 14.4. The van der Waals surface area contributed by atoms with Crippen LogP contribution < -0.4 is 10.1 Å². The first-order valence-corrected chi connectivity index (χ1v) is 6.64. The first kappa shape index (κ1) is 14.5. The van der Waals surface area contributed by atoms with Crippen LogP contribution in [0, 0.1) is 0 Å². The number of aryl methyl sites for hydroxylation is 1. The van der Waals surface area contributed by atoms with Gasteiger partial charge in [-0.25, -0.2) is 0 Å². The van der Waals surface area contributed by atoms with E-state index in [1.54, 1.807) is 13.4 Å². The van der Waals surface area contributed by atoms with Crippen molar-refractivity contribution in [2.75, 3.05) is 13.7 Å². The van der Waals surface area contributed by atoms with Crippen molar-refractivity contribution in [3.63, 3.8) is 0 Å². The maximum absolute atomic E-state index is 10.1. The number of ether oxygens (including phenoxy) is 1. The van der Waals surface area contributed by atoms with E-state index in [1.807, 2.05) is 35.8 Å². The van der Waals surface area contributed by atoms with Crippen LogP contribution >= 0.6 is 0 Å². The highest BCUT2D eigenvalue weighted by molar-refractivity contribution is 5.29. The van der Waals surface area contributed by atoms with Crippen LogP contribution in [0.1, 0.15) is 24.4 Å². The van der Waals surface area contributed by atoms with E-state index >= 15 is 0 Å². The fraction of sp³-hybridized carbons (Fsp3) is 0.429. The van der Waals surface area contributed by atoms with Gasteiger partial charge in [-0.2, -0.15) is 0 Å². The van der Waals surface area contributed by atoms with Gasteiger partial charge in [-0.1, -0.05) is 12.1 Å². The summed E-state index contributed by atoms with van der Waals surface area (Å²) in [6.07, 6.45) is 1.12. The minimum absolute atomic E-state index is 0.448. The van der Waals surface area contributed by atoms with Gasteiger partial charge in [0, 0.05) is 13.1 Å². The third kappa shape index (κ3) is 3.55. The molecule has 1 heterocycles.